The molecule has 0 unspecified atom stereocenters. The Hall–Kier alpha value is -2.15. The Morgan fingerprint density at radius 2 is 2.08 bits per heavy atom. The third kappa shape index (κ3) is 3.98. The first-order chi connectivity index (χ1) is 12.7. The minimum absolute atomic E-state index is 0.0499. The van der Waals surface area contributed by atoms with Crippen LogP contribution < -0.4 is 15.5 Å². The lowest BCUT2D eigenvalue weighted by Gasteiger charge is -2.29. The Bertz CT molecular complexity index is 683. The third-order valence-electron chi connectivity index (χ3n) is 5.43. The molecule has 3 aliphatic rings. The van der Waals surface area contributed by atoms with E-state index in [4.69, 9.17) is 0 Å². The van der Waals surface area contributed by atoms with Crippen molar-refractivity contribution < 1.29 is 9.59 Å². The summed E-state index contributed by atoms with van der Waals surface area (Å²) >= 11 is 0. The van der Waals surface area contributed by atoms with E-state index in [0.717, 1.165) is 31.9 Å². The zero-order valence-corrected chi connectivity index (χ0v) is 15.2. The molecule has 0 aromatic carbocycles. The summed E-state index contributed by atoms with van der Waals surface area (Å²) in [7, 11) is 0. The number of aromatic nitrogens is 1. The summed E-state index contributed by atoms with van der Waals surface area (Å²) in [6, 6.07) is 1.80. The zero-order chi connectivity index (χ0) is 17.9. The van der Waals surface area contributed by atoms with Gasteiger partial charge >= 0.3 is 0 Å². The fourth-order valence-electron chi connectivity index (χ4n) is 3.68. The van der Waals surface area contributed by atoms with Gasteiger partial charge in [0.05, 0.1) is 17.8 Å². The van der Waals surface area contributed by atoms with E-state index < -0.39 is 0 Å². The number of carbonyl (C=O) groups is 2. The van der Waals surface area contributed by atoms with Gasteiger partial charge in [-0.05, 0) is 50.8 Å². The van der Waals surface area contributed by atoms with Crippen LogP contribution in [0.3, 0.4) is 0 Å². The van der Waals surface area contributed by atoms with E-state index in [0.29, 0.717) is 23.8 Å². The van der Waals surface area contributed by atoms with E-state index >= 15 is 0 Å². The van der Waals surface area contributed by atoms with Gasteiger partial charge in [0.25, 0.3) is 5.91 Å². The van der Waals surface area contributed by atoms with E-state index in [1.54, 1.807) is 17.2 Å². The molecule has 2 amide bonds. The van der Waals surface area contributed by atoms with Crippen LogP contribution in [0, 0.1) is 5.92 Å². The molecule has 7 heteroatoms. The first-order valence-corrected chi connectivity index (χ1v) is 9.75. The van der Waals surface area contributed by atoms with Gasteiger partial charge < -0.3 is 20.4 Å². The number of hydrogen-bond acceptors (Lipinski definition) is 5. The SMILES string of the molecule is O=C(NCCN1CCCCC1)c1cnc2c(c1)N(CC1CC1)C(=O)CN2. The molecule has 1 aromatic rings. The van der Waals surface area contributed by atoms with Gasteiger partial charge in [0.15, 0.2) is 0 Å². The molecule has 0 atom stereocenters. The van der Waals surface area contributed by atoms with Gasteiger partial charge in [0.2, 0.25) is 5.91 Å². The number of nitrogens with one attached hydrogen (secondary N) is 2. The Morgan fingerprint density at radius 3 is 2.85 bits per heavy atom. The fourth-order valence-corrected chi connectivity index (χ4v) is 3.68. The lowest BCUT2D eigenvalue weighted by molar-refractivity contribution is -0.117. The van der Waals surface area contributed by atoms with E-state index in [2.05, 4.69) is 20.5 Å². The van der Waals surface area contributed by atoms with Gasteiger partial charge in [0.1, 0.15) is 5.82 Å². The molecule has 1 saturated carbocycles. The van der Waals surface area contributed by atoms with E-state index in [9.17, 15) is 9.59 Å². The van der Waals surface area contributed by atoms with Crippen molar-refractivity contribution in [1.82, 2.24) is 15.2 Å². The smallest absolute Gasteiger partial charge is 0.252 e. The summed E-state index contributed by atoms with van der Waals surface area (Å²) in [5, 5.41) is 6.04. The number of anilines is 2. The number of pyridine rings is 1. The molecule has 0 bridgehead atoms. The first kappa shape index (κ1) is 17.3. The van der Waals surface area contributed by atoms with E-state index in [-0.39, 0.29) is 18.4 Å². The van der Waals surface area contributed by atoms with Crippen LogP contribution >= 0.6 is 0 Å². The van der Waals surface area contributed by atoms with Crippen LogP contribution in [0.25, 0.3) is 0 Å². The van der Waals surface area contributed by atoms with E-state index in [1.807, 2.05) is 0 Å². The monoisotopic (exact) mass is 357 g/mol. The number of likely N-dealkylation sites (tertiary alicyclic amines) is 1. The highest BCUT2D eigenvalue weighted by Gasteiger charge is 2.32. The molecule has 1 saturated heterocycles. The van der Waals surface area contributed by atoms with Crippen molar-refractivity contribution in [3.05, 3.63) is 17.8 Å². The molecule has 7 nitrogen and oxygen atoms in total. The second-order valence-electron chi connectivity index (χ2n) is 7.55. The standard InChI is InChI=1S/C19H27N5O2/c25-17-12-22-18-16(24(17)13-14-4-5-14)10-15(11-21-18)19(26)20-6-9-23-7-2-1-3-8-23/h10-11,14H,1-9,12-13H2,(H,20,26)(H,21,22). The number of amides is 2. The summed E-state index contributed by atoms with van der Waals surface area (Å²) in [5.74, 6) is 1.21. The molecular formula is C19H27N5O2. The van der Waals surface area contributed by atoms with Gasteiger partial charge in [-0.15, -0.1) is 0 Å². The average Bonchev–Trinajstić information content (AvgIpc) is 3.49. The van der Waals surface area contributed by atoms with Crippen molar-refractivity contribution >= 4 is 23.3 Å². The number of hydrogen-bond donors (Lipinski definition) is 2. The van der Waals surface area contributed by atoms with Gasteiger partial charge in [0, 0.05) is 25.8 Å². The number of rotatable bonds is 6. The minimum atomic E-state index is -0.123. The van der Waals surface area contributed by atoms with Gasteiger partial charge in [-0.2, -0.15) is 0 Å². The lowest BCUT2D eigenvalue weighted by atomic mass is 10.1. The quantitative estimate of drug-likeness (QED) is 0.806. The fraction of sp³-hybridized carbons (Fsp3) is 0.632. The third-order valence-corrected chi connectivity index (χ3v) is 5.43. The van der Waals surface area contributed by atoms with Gasteiger partial charge in [-0.25, -0.2) is 4.98 Å². The Labute approximate surface area is 154 Å². The van der Waals surface area contributed by atoms with E-state index in [1.165, 1.54) is 32.1 Å². The summed E-state index contributed by atoms with van der Waals surface area (Å²) in [5.41, 5.74) is 1.25. The molecule has 0 radical (unpaired) electrons. The molecular weight excluding hydrogens is 330 g/mol. The second kappa shape index (κ2) is 7.61. The maximum atomic E-state index is 12.5. The van der Waals surface area contributed by atoms with Gasteiger partial charge in [-0.1, -0.05) is 6.42 Å². The van der Waals surface area contributed by atoms with Crippen LogP contribution in [0.2, 0.25) is 0 Å². The highest BCUT2D eigenvalue weighted by atomic mass is 16.2. The summed E-state index contributed by atoms with van der Waals surface area (Å²) in [6.07, 6.45) is 7.76. The second-order valence-corrected chi connectivity index (χ2v) is 7.55. The molecule has 3 heterocycles. The lowest BCUT2D eigenvalue weighted by Crippen LogP contribution is -2.42. The highest BCUT2D eigenvalue weighted by Crippen LogP contribution is 2.35. The molecule has 1 aromatic heterocycles. The van der Waals surface area contributed by atoms with Crippen LogP contribution in [-0.4, -0.2) is 61.0 Å². The molecule has 140 valence electrons. The van der Waals surface area contributed by atoms with Crippen molar-refractivity contribution in [2.75, 3.05) is 49.5 Å². The topological polar surface area (TPSA) is 77.6 Å². The molecule has 2 aliphatic heterocycles. The summed E-state index contributed by atoms with van der Waals surface area (Å²) < 4.78 is 0. The molecule has 2 N–H and O–H groups in total. The molecule has 4 rings (SSSR count). The maximum absolute atomic E-state index is 12.5. The summed E-state index contributed by atoms with van der Waals surface area (Å²) in [6.45, 7) is 4.78. The minimum Gasteiger partial charge on any atom is -0.359 e. The predicted octanol–water partition coefficient (Wildman–Crippen LogP) is 1.47. The van der Waals surface area contributed by atoms with Crippen LogP contribution in [0.15, 0.2) is 12.3 Å². The first-order valence-electron chi connectivity index (χ1n) is 9.75. The average molecular weight is 357 g/mol. The largest absolute Gasteiger partial charge is 0.359 e. The Kier molecular flexibility index (Phi) is 5.06. The van der Waals surface area contributed by atoms with Crippen molar-refractivity contribution in [2.45, 2.75) is 32.1 Å². The van der Waals surface area contributed by atoms with Crippen molar-refractivity contribution in [3.8, 4) is 0 Å². The van der Waals surface area contributed by atoms with Crippen molar-refractivity contribution in [1.29, 1.82) is 0 Å². The Morgan fingerprint density at radius 1 is 1.27 bits per heavy atom. The zero-order valence-electron chi connectivity index (χ0n) is 15.2. The number of fused-ring (bicyclic) bond motifs is 1. The van der Waals surface area contributed by atoms with Crippen molar-refractivity contribution in [2.24, 2.45) is 5.92 Å². The van der Waals surface area contributed by atoms with Gasteiger partial charge in [-0.3, -0.25) is 9.59 Å². The highest BCUT2D eigenvalue weighted by molar-refractivity contribution is 6.04. The Balaban J connectivity index is 1.39. The van der Waals surface area contributed by atoms with Crippen LogP contribution in [0.4, 0.5) is 11.5 Å². The molecule has 2 fully saturated rings. The predicted molar refractivity (Wildman–Crippen MR) is 100 cm³/mol. The number of nitrogens with zero attached hydrogens (tertiary/aromatic N) is 3. The molecule has 0 spiro atoms. The van der Waals surface area contributed by atoms with Crippen LogP contribution in [-0.2, 0) is 4.79 Å². The molecule has 26 heavy (non-hydrogen) atoms. The van der Waals surface area contributed by atoms with Crippen molar-refractivity contribution in [3.63, 3.8) is 0 Å². The number of piperidine rings is 1. The normalized spacial score (nSPS) is 20.5. The van der Waals surface area contributed by atoms with Crippen LogP contribution in [0.1, 0.15) is 42.5 Å². The molecule has 1 aliphatic carbocycles. The summed E-state index contributed by atoms with van der Waals surface area (Å²) in [4.78, 5) is 33.3. The maximum Gasteiger partial charge on any atom is 0.252 e. The number of carbonyl (C=O) groups excluding carboxylic acids is 2. The van der Waals surface area contributed by atoms with Crippen LogP contribution in [0.5, 0.6) is 0 Å².